The molecule has 3 N–H and O–H groups in total. The van der Waals surface area contributed by atoms with Crippen LogP contribution in [0.1, 0.15) is 24.8 Å². The van der Waals surface area contributed by atoms with E-state index >= 15 is 0 Å². The fraction of sp³-hybridized carbons (Fsp3) is 0.571. The number of halogens is 1. The summed E-state index contributed by atoms with van der Waals surface area (Å²) >= 11 is 0. The first-order chi connectivity index (χ1) is 14.8. The first kappa shape index (κ1) is 21.5. The molecule has 2 aliphatic heterocycles. The van der Waals surface area contributed by atoms with E-state index in [0.717, 1.165) is 0 Å². The van der Waals surface area contributed by atoms with E-state index in [2.05, 4.69) is 5.32 Å². The summed E-state index contributed by atoms with van der Waals surface area (Å²) in [4.78, 5) is 38.4. The number of aliphatic hydroxyl groups excluding tert-OH is 2. The molecule has 2 heterocycles. The third-order valence-electron chi connectivity index (χ3n) is 6.34. The number of nitrogens with zero attached hydrogens (tertiary/aromatic N) is 2. The Hall–Kier alpha value is -2.72. The molecule has 5 atom stereocenters. The molecule has 2 saturated heterocycles. The number of aliphatic hydroxyl groups is 2. The Morgan fingerprint density at radius 3 is 2.61 bits per heavy atom. The molecule has 4 rings (SSSR count). The van der Waals surface area contributed by atoms with Crippen molar-refractivity contribution in [2.24, 2.45) is 11.8 Å². The van der Waals surface area contributed by atoms with Gasteiger partial charge in [-0.1, -0.05) is 13.0 Å². The fourth-order valence-electron chi connectivity index (χ4n) is 4.60. The molecule has 9 nitrogen and oxygen atoms in total. The Labute approximate surface area is 178 Å². The Morgan fingerprint density at radius 1 is 1.29 bits per heavy atom. The van der Waals surface area contributed by atoms with Crippen molar-refractivity contribution in [3.8, 4) is 0 Å². The molecule has 1 saturated carbocycles. The third kappa shape index (κ3) is 4.09. The Bertz CT molecular complexity index is 884. The van der Waals surface area contributed by atoms with Gasteiger partial charge in [0.1, 0.15) is 11.9 Å². The maximum atomic E-state index is 14.9. The highest BCUT2D eigenvalue weighted by atomic mass is 19.1. The average Bonchev–Trinajstić information content (AvgIpc) is 3.09. The van der Waals surface area contributed by atoms with E-state index in [9.17, 15) is 23.9 Å². The summed E-state index contributed by atoms with van der Waals surface area (Å²) in [5.41, 5.74) is 0.942. The van der Waals surface area contributed by atoms with Gasteiger partial charge in [0.15, 0.2) is 6.10 Å². The number of likely N-dealkylation sites (tertiary alicyclic amines) is 1. The number of piperidine rings is 1. The van der Waals surface area contributed by atoms with Crippen molar-refractivity contribution in [3.05, 3.63) is 29.6 Å². The van der Waals surface area contributed by atoms with Gasteiger partial charge in [-0.05, 0) is 35.4 Å². The number of amides is 3. The number of hydrogen-bond acceptors (Lipinski definition) is 6. The van der Waals surface area contributed by atoms with Gasteiger partial charge in [0.05, 0.1) is 25.4 Å². The van der Waals surface area contributed by atoms with Crippen LogP contribution in [0.25, 0.3) is 0 Å². The monoisotopic (exact) mass is 435 g/mol. The molecular weight excluding hydrogens is 409 g/mol. The maximum absolute atomic E-state index is 14.9. The third-order valence-corrected chi connectivity index (χ3v) is 6.34. The highest BCUT2D eigenvalue weighted by molar-refractivity contribution is 5.90. The van der Waals surface area contributed by atoms with E-state index in [1.165, 1.54) is 15.9 Å². The highest BCUT2D eigenvalue weighted by Crippen LogP contribution is 2.58. The number of carbonyl (C=O) groups is 3. The zero-order chi connectivity index (χ0) is 22.3. The van der Waals surface area contributed by atoms with Gasteiger partial charge < -0.3 is 25.2 Å². The lowest BCUT2D eigenvalue weighted by molar-refractivity contribution is -0.141. The normalized spacial score (nSPS) is 27.7. The van der Waals surface area contributed by atoms with Crippen molar-refractivity contribution in [1.29, 1.82) is 0 Å². The molecule has 3 amide bonds. The lowest BCUT2D eigenvalue weighted by atomic mass is 10.0. The van der Waals surface area contributed by atoms with Crippen LogP contribution in [0.15, 0.2) is 18.2 Å². The maximum Gasteiger partial charge on any atom is 0.414 e. The van der Waals surface area contributed by atoms with Crippen molar-refractivity contribution in [3.63, 3.8) is 0 Å². The number of hydrogen-bond donors (Lipinski definition) is 3. The topological polar surface area (TPSA) is 119 Å². The molecule has 1 unspecified atom stereocenters. The number of nitrogens with one attached hydrogen (secondary N) is 1. The lowest BCUT2D eigenvalue weighted by Gasteiger charge is -2.22. The summed E-state index contributed by atoms with van der Waals surface area (Å²) in [6.45, 7) is 2.40. The van der Waals surface area contributed by atoms with Crippen LogP contribution in [0.2, 0.25) is 0 Å². The summed E-state index contributed by atoms with van der Waals surface area (Å²) in [7, 11) is 0. The minimum Gasteiger partial charge on any atom is -0.442 e. The van der Waals surface area contributed by atoms with Crippen LogP contribution in [0.3, 0.4) is 0 Å². The molecule has 10 heteroatoms. The summed E-state index contributed by atoms with van der Waals surface area (Å²) in [5, 5.41) is 21.1. The van der Waals surface area contributed by atoms with Crippen LogP contribution in [-0.4, -0.2) is 78.0 Å². The van der Waals surface area contributed by atoms with Crippen LogP contribution < -0.4 is 10.2 Å². The van der Waals surface area contributed by atoms with Crippen LogP contribution in [0.5, 0.6) is 0 Å². The zero-order valence-corrected chi connectivity index (χ0v) is 17.2. The van der Waals surface area contributed by atoms with Crippen LogP contribution >= 0.6 is 0 Å². The number of cyclic esters (lactones) is 1. The smallest absolute Gasteiger partial charge is 0.414 e. The van der Waals surface area contributed by atoms with Gasteiger partial charge in [0.25, 0.3) is 5.91 Å². The first-order valence-electron chi connectivity index (χ1n) is 10.5. The van der Waals surface area contributed by atoms with E-state index in [1.807, 2.05) is 0 Å². The molecular formula is C21H26FN3O6. The number of anilines is 1. The molecule has 0 radical (unpaired) electrons. The van der Waals surface area contributed by atoms with Gasteiger partial charge in [0, 0.05) is 19.5 Å². The Kier molecular flexibility index (Phi) is 5.85. The largest absolute Gasteiger partial charge is 0.442 e. The Morgan fingerprint density at radius 2 is 2.00 bits per heavy atom. The minimum atomic E-state index is -1.41. The second-order valence-electron chi connectivity index (χ2n) is 8.27. The molecule has 31 heavy (non-hydrogen) atoms. The highest BCUT2D eigenvalue weighted by Gasteiger charge is 2.58. The predicted molar refractivity (Wildman–Crippen MR) is 107 cm³/mol. The number of carbonyl (C=O) groups excluding carboxylic acids is 3. The van der Waals surface area contributed by atoms with E-state index < -0.39 is 36.6 Å². The predicted octanol–water partition coefficient (Wildman–Crippen LogP) is 0.202. The van der Waals surface area contributed by atoms with Gasteiger partial charge in [-0.15, -0.1) is 0 Å². The second-order valence-corrected chi connectivity index (χ2v) is 8.27. The standard InChI is InChI=1S/C21H26FN3O6/c1-2-18(28)23-6-12-7-25(21(30)31-12)11-3-4-13(16(22)5-11)19-14-8-24(9-15(14)19)20(29)17(27)10-26/h3-5,12,14-15,17,19,26-27H,2,6-10H2,1H3,(H,23,28)/t12-,14-,15+,17-,19?/m0/s1. The van der Waals surface area contributed by atoms with Gasteiger partial charge in [0.2, 0.25) is 5.91 Å². The average molecular weight is 435 g/mol. The quantitative estimate of drug-likeness (QED) is 0.563. The molecule has 1 aliphatic carbocycles. The van der Waals surface area contributed by atoms with Crippen LogP contribution in [0.4, 0.5) is 14.9 Å². The zero-order valence-electron chi connectivity index (χ0n) is 17.2. The fourth-order valence-corrected chi connectivity index (χ4v) is 4.60. The number of rotatable bonds is 7. The van der Waals surface area contributed by atoms with Crippen molar-refractivity contribution in [2.75, 3.05) is 37.7 Å². The molecule has 168 valence electrons. The van der Waals surface area contributed by atoms with Crippen molar-refractivity contribution >= 4 is 23.6 Å². The number of ether oxygens (including phenoxy) is 1. The number of fused-ring (bicyclic) bond motifs is 1. The molecule has 1 aromatic rings. The molecule has 3 aliphatic rings. The number of benzene rings is 1. The molecule has 0 spiro atoms. The van der Waals surface area contributed by atoms with E-state index in [0.29, 0.717) is 30.8 Å². The van der Waals surface area contributed by atoms with Crippen LogP contribution in [-0.2, 0) is 14.3 Å². The van der Waals surface area contributed by atoms with E-state index in [-0.39, 0.29) is 36.8 Å². The van der Waals surface area contributed by atoms with Crippen molar-refractivity contribution in [2.45, 2.75) is 31.5 Å². The molecule has 0 aromatic heterocycles. The molecule has 3 fully saturated rings. The summed E-state index contributed by atoms with van der Waals surface area (Å²) in [6, 6.07) is 4.66. The second kappa shape index (κ2) is 8.43. The van der Waals surface area contributed by atoms with Crippen molar-refractivity contribution in [1.82, 2.24) is 10.2 Å². The molecule has 0 bridgehead atoms. The lowest BCUT2D eigenvalue weighted by Crippen LogP contribution is -2.40. The van der Waals surface area contributed by atoms with E-state index in [1.54, 1.807) is 19.1 Å². The van der Waals surface area contributed by atoms with Crippen LogP contribution in [0, 0.1) is 17.7 Å². The van der Waals surface area contributed by atoms with Gasteiger partial charge in [-0.2, -0.15) is 0 Å². The van der Waals surface area contributed by atoms with Gasteiger partial charge >= 0.3 is 6.09 Å². The summed E-state index contributed by atoms with van der Waals surface area (Å²) in [6.07, 6.45) is -2.14. The molecule has 1 aromatic carbocycles. The van der Waals surface area contributed by atoms with Crippen molar-refractivity contribution < 1.29 is 33.7 Å². The summed E-state index contributed by atoms with van der Waals surface area (Å²) in [5.74, 6) is -0.808. The summed E-state index contributed by atoms with van der Waals surface area (Å²) < 4.78 is 20.1. The van der Waals surface area contributed by atoms with Gasteiger partial charge in [-0.25, -0.2) is 9.18 Å². The SMILES string of the molecule is CCC(=O)NC[C@H]1CN(c2ccc(C3[C@H]4CN(C(=O)[C@@H](O)CO)C[C@@H]34)c(F)c2)C(=O)O1. The minimum absolute atomic E-state index is 0.00750. The van der Waals surface area contributed by atoms with Gasteiger partial charge in [-0.3, -0.25) is 14.5 Å². The van der Waals surface area contributed by atoms with E-state index in [4.69, 9.17) is 9.84 Å². The Balaban J connectivity index is 1.36. The first-order valence-corrected chi connectivity index (χ1v) is 10.5.